The predicted octanol–water partition coefficient (Wildman–Crippen LogP) is 2.71. The van der Waals surface area contributed by atoms with Crippen LogP contribution >= 0.6 is 0 Å². The topological polar surface area (TPSA) is 118 Å². The first-order valence-electron chi connectivity index (χ1n) is 15.7. The van der Waals surface area contributed by atoms with Crippen molar-refractivity contribution >= 4 is 17.7 Å². The van der Waals surface area contributed by atoms with E-state index in [1.54, 1.807) is 0 Å². The second-order valence-corrected chi connectivity index (χ2v) is 12.4. The van der Waals surface area contributed by atoms with Gasteiger partial charge in [0, 0.05) is 45.3 Å². The summed E-state index contributed by atoms with van der Waals surface area (Å²) in [6.07, 6.45) is 8.08. The molecule has 10 nitrogen and oxygen atoms in total. The fraction of sp³-hybridized carbons (Fsp3) is 0.500. The molecule has 3 N–H and O–H groups in total. The van der Waals surface area contributed by atoms with E-state index >= 15 is 0 Å². The number of piperidine rings is 1. The lowest BCUT2D eigenvalue weighted by atomic mass is 9.75. The van der Waals surface area contributed by atoms with Crippen molar-refractivity contribution in [2.45, 2.75) is 57.2 Å². The largest absolute Gasteiger partial charge is 0.454 e. The zero-order valence-corrected chi connectivity index (χ0v) is 25.1. The summed E-state index contributed by atoms with van der Waals surface area (Å²) < 4.78 is 16.4. The van der Waals surface area contributed by atoms with Crippen LogP contribution in [0.25, 0.3) is 0 Å². The lowest BCUT2D eigenvalue weighted by Gasteiger charge is -2.40. The monoisotopic (exact) mass is 602 g/mol. The number of benzene rings is 2. The van der Waals surface area contributed by atoms with Gasteiger partial charge in [-0.05, 0) is 61.3 Å². The SMILES string of the molecule is O=C(CN1CC[C@H]2NC(=O)[C@H](Cc3ccccc3)NC(=O)C3(C/C=C/C[C@H]2C1)CCOCC3)NCc1ccc2c(c1)OCO2. The van der Waals surface area contributed by atoms with Crippen LogP contribution < -0.4 is 25.4 Å². The summed E-state index contributed by atoms with van der Waals surface area (Å²) in [5.41, 5.74) is 1.36. The van der Waals surface area contributed by atoms with Crippen molar-refractivity contribution < 1.29 is 28.6 Å². The number of hydrogen-bond donors (Lipinski definition) is 3. The van der Waals surface area contributed by atoms with E-state index < -0.39 is 11.5 Å². The number of likely N-dealkylation sites (tertiary alicyclic amines) is 1. The molecule has 10 heteroatoms. The van der Waals surface area contributed by atoms with E-state index in [1.807, 2.05) is 48.5 Å². The maximum absolute atomic E-state index is 13.8. The number of allylic oxidation sites excluding steroid dienone is 2. The van der Waals surface area contributed by atoms with Crippen LogP contribution in [0.5, 0.6) is 11.5 Å². The Balaban J connectivity index is 1.12. The van der Waals surface area contributed by atoms with Gasteiger partial charge in [-0.2, -0.15) is 0 Å². The summed E-state index contributed by atoms with van der Waals surface area (Å²) in [5, 5.41) is 9.47. The Labute approximate surface area is 258 Å². The molecule has 0 saturated carbocycles. The highest BCUT2D eigenvalue weighted by atomic mass is 16.7. The van der Waals surface area contributed by atoms with E-state index in [2.05, 4.69) is 33.0 Å². The van der Waals surface area contributed by atoms with Crippen LogP contribution in [0, 0.1) is 11.3 Å². The maximum atomic E-state index is 13.8. The molecule has 0 aromatic heterocycles. The summed E-state index contributed by atoms with van der Waals surface area (Å²) in [6, 6.07) is 14.8. The van der Waals surface area contributed by atoms with E-state index in [0.717, 1.165) is 29.7 Å². The van der Waals surface area contributed by atoms with E-state index in [4.69, 9.17) is 14.2 Å². The van der Waals surface area contributed by atoms with Gasteiger partial charge < -0.3 is 30.2 Å². The number of nitrogens with one attached hydrogen (secondary N) is 3. The summed E-state index contributed by atoms with van der Waals surface area (Å²) in [7, 11) is 0. The number of hydrogen-bond acceptors (Lipinski definition) is 7. The van der Waals surface area contributed by atoms with Crippen LogP contribution in [0.4, 0.5) is 0 Å². The normalized spacial score (nSPS) is 26.0. The third kappa shape index (κ3) is 7.25. The highest BCUT2D eigenvalue weighted by Gasteiger charge is 2.41. The van der Waals surface area contributed by atoms with Crippen molar-refractivity contribution in [3.05, 3.63) is 71.8 Å². The predicted molar refractivity (Wildman–Crippen MR) is 164 cm³/mol. The lowest BCUT2D eigenvalue weighted by Crippen LogP contribution is -2.58. The quantitative estimate of drug-likeness (QED) is 0.436. The van der Waals surface area contributed by atoms with Gasteiger partial charge in [0.1, 0.15) is 6.04 Å². The Morgan fingerprint density at radius 1 is 0.977 bits per heavy atom. The first kappa shape index (κ1) is 30.1. The average molecular weight is 603 g/mol. The molecule has 3 atom stereocenters. The zero-order valence-electron chi connectivity index (χ0n) is 25.1. The van der Waals surface area contributed by atoms with Crippen molar-refractivity contribution in [1.29, 1.82) is 0 Å². The Morgan fingerprint density at radius 3 is 2.64 bits per heavy atom. The van der Waals surface area contributed by atoms with Crippen molar-refractivity contribution in [2.24, 2.45) is 11.3 Å². The van der Waals surface area contributed by atoms with Crippen LogP contribution in [-0.2, 0) is 32.1 Å². The molecule has 6 rings (SSSR count). The van der Waals surface area contributed by atoms with E-state index in [1.165, 1.54) is 0 Å². The molecule has 3 amide bonds. The number of nitrogens with zero attached hydrogens (tertiary/aromatic N) is 1. The Hall–Kier alpha value is -3.89. The van der Waals surface area contributed by atoms with Crippen molar-refractivity contribution in [3.63, 3.8) is 0 Å². The van der Waals surface area contributed by atoms with Gasteiger partial charge in [-0.15, -0.1) is 0 Å². The molecule has 2 saturated heterocycles. The molecular weight excluding hydrogens is 560 g/mol. The number of carbonyl (C=O) groups excluding carboxylic acids is 3. The molecule has 1 spiro atoms. The maximum Gasteiger partial charge on any atom is 0.243 e. The van der Waals surface area contributed by atoms with Crippen LogP contribution in [0.2, 0.25) is 0 Å². The molecular formula is C34H42N4O6. The van der Waals surface area contributed by atoms with Gasteiger partial charge in [0.2, 0.25) is 24.5 Å². The summed E-state index contributed by atoms with van der Waals surface area (Å²) in [5.74, 6) is 1.30. The minimum atomic E-state index is -0.673. The van der Waals surface area contributed by atoms with Crippen molar-refractivity contribution in [2.75, 3.05) is 39.6 Å². The highest BCUT2D eigenvalue weighted by molar-refractivity contribution is 5.90. The molecule has 234 valence electrons. The standard InChI is InChI=1S/C34H42N4O6/c39-31(35-20-25-9-10-29-30(19-25)44-23-43-29)22-38-15-11-27-26(21-38)8-4-5-12-34(13-16-42-17-14-34)33(41)37-28(32(40)36-27)18-24-6-2-1-3-7-24/h1-7,9-10,19,26-28H,8,11-18,20-23H2,(H,35,39)(H,36,40)(H,37,41)/b5-4+/t26-,27+,28-/m0/s1. The van der Waals surface area contributed by atoms with E-state index in [9.17, 15) is 14.4 Å². The van der Waals surface area contributed by atoms with E-state index in [-0.39, 0.29) is 36.5 Å². The molecule has 4 aliphatic rings. The number of carbonyl (C=O) groups is 3. The number of amides is 3. The number of fused-ring (bicyclic) bond motifs is 2. The number of ether oxygens (including phenoxy) is 3. The van der Waals surface area contributed by atoms with E-state index in [0.29, 0.717) is 70.8 Å². The Morgan fingerprint density at radius 2 is 1.80 bits per heavy atom. The smallest absolute Gasteiger partial charge is 0.243 e. The molecule has 0 unspecified atom stereocenters. The highest BCUT2D eigenvalue weighted by Crippen LogP contribution is 2.36. The van der Waals surface area contributed by atoms with Gasteiger partial charge in [0.25, 0.3) is 0 Å². The molecule has 2 aromatic carbocycles. The average Bonchev–Trinajstić information content (AvgIpc) is 3.51. The van der Waals surface area contributed by atoms with Crippen LogP contribution in [-0.4, -0.2) is 74.3 Å². The van der Waals surface area contributed by atoms with Gasteiger partial charge >= 0.3 is 0 Å². The summed E-state index contributed by atoms with van der Waals surface area (Å²) in [4.78, 5) is 42.6. The molecule has 44 heavy (non-hydrogen) atoms. The Kier molecular flexibility index (Phi) is 9.47. The van der Waals surface area contributed by atoms with Gasteiger partial charge in [0.15, 0.2) is 11.5 Å². The molecule has 4 aliphatic heterocycles. The summed E-state index contributed by atoms with van der Waals surface area (Å²) >= 11 is 0. The zero-order chi connectivity index (χ0) is 30.4. The van der Waals surface area contributed by atoms with Gasteiger partial charge in [-0.3, -0.25) is 19.3 Å². The second-order valence-electron chi connectivity index (χ2n) is 12.4. The Bertz CT molecular complexity index is 1360. The van der Waals surface area contributed by atoms with Crippen LogP contribution in [0.15, 0.2) is 60.7 Å². The fourth-order valence-electron chi connectivity index (χ4n) is 6.71. The minimum absolute atomic E-state index is 0.0408. The fourth-order valence-corrected chi connectivity index (χ4v) is 6.71. The van der Waals surface area contributed by atoms with Crippen molar-refractivity contribution in [3.8, 4) is 11.5 Å². The molecule has 0 aliphatic carbocycles. The van der Waals surface area contributed by atoms with Crippen molar-refractivity contribution in [1.82, 2.24) is 20.9 Å². The van der Waals surface area contributed by atoms with Gasteiger partial charge in [0.05, 0.1) is 12.0 Å². The molecule has 4 heterocycles. The lowest BCUT2D eigenvalue weighted by molar-refractivity contribution is -0.140. The molecule has 2 aromatic rings. The molecule has 2 fully saturated rings. The van der Waals surface area contributed by atoms with Gasteiger partial charge in [-0.1, -0.05) is 48.6 Å². The van der Waals surface area contributed by atoms with Crippen LogP contribution in [0.3, 0.4) is 0 Å². The third-order valence-corrected chi connectivity index (χ3v) is 9.39. The number of rotatable bonds is 6. The first-order valence-corrected chi connectivity index (χ1v) is 15.7. The van der Waals surface area contributed by atoms with Gasteiger partial charge in [-0.25, -0.2) is 0 Å². The third-order valence-electron chi connectivity index (χ3n) is 9.39. The summed E-state index contributed by atoms with van der Waals surface area (Å²) in [6.45, 7) is 3.38. The second kappa shape index (κ2) is 13.8. The first-order chi connectivity index (χ1) is 21.5. The van der Waals surface area contributed by atoms with Crippen LogP contribution in [0.1, 0.15) is 43.2 Å². The molecule has 0 bridgehead atoms. The molecule has 0 radical (unpaired) electrons. The minimum Gasteiger partial charge on any atom is -0.454 e.